The number of hydrogen-bond donors (Lipinski definition) is 0. The van der Waals surface area contributed by atoms with Crippen LogP contribution in [0, 0.1) is 0 Å². The summed E-state index contributed by atoms with van der Waals surface area (Å²) in [7, 11) is 0. The minimum Gasteiger partial charge on any atom is -0.455 e. The molecule has 0 bridgehead atoms. The van der Waals surface area contributed by atoms with Gasteiger partial charge in [0.05, 0.1) is 11.0 Å². The Morgan fingerprint density at radius 1 is 0.400 bits per heavy atom. The van der Waals surface area contributed by atoms with Crippen LogP contribution < -0.4 is 0 Å². The molecule has 0 spiro atoms. The Morgan fingerprint density at radius 2 is 0.911 bits per heavy atom. The third-order valence-corrected chi connectivity index (χ3v) is 9.05. The highest BCUT2D eigenvalue weighted by molar-refractivity contribution is 6.30. The molecule has 0 unspecified atom stereocenters. The van der Waals surface area contributed by atoms with E-state index in [1.54, 1.807) is 0 Å². The van der Waals surface area contributed by atoms with E-state index in [2.05, 4.69) is 18.2 Å². The van der Waals surface area contributed by atoms with Gasteiger partial charge in [0.2, 0.25) is 0 Å². The van der Waals surface area contributed by atoms with Crippen LogP contribution in [0.4, 0.5) is 0 Å². The zero-order valence-electron chi connectivity index (χ0n) is 31.8. The smallest absolute Gasteiger partial charge is 0.143 e. The second kappa shape index (κ2) is 9.29. The van der Waals surface area contributed by atoms with Crippen LogP contribution in [0.25, 0.3) is 98.1 Å². The fourth-order valence-electron chi connectivity index (χ4n) is 7.11. The van der Waals surface area contributed by atoms with Gasteiger partial charge in [0.1, 0.15) is 11.2 Å². The van der Waals surface area contributed by atoms with Gasteiger partial charge in [-0.2, -0.15) is 0 Å². The lowest BCUT2D eigenvalue weighted by Crippen LogP contribution is -1.91. The standard InChI is InChI=1S/C44H26O/c1-2-12-28-25-29(22-21-27(28)11-1)41-34-16-6-8-18-36(34)42(37-19-9-7-17-35(37)41)30-23-24-39-40(26-30)45-44-38-20-10-4-14-32(38)31-13-3-5-15-33(31)43(39)44/h1-26H/i6D,7D,8D,9D,16D,17D,18D,19D. The van der Waals surface area contributed by atoms with E-state index in [-0.39, 0.29) is 51.3 Å². The first-order valence-electron chi connectivity index (χ1n) is 18.9. The highest BCUT2D eigenvalue weighted by Crippen LogP contribution is 2.46. The Kier molecular flexibility index (Phi) is 3.72. The number of rotatable bonds is 2. The number of furan rings is 1. The molecule has 0 aliphatic carbocycles. The van der Waals surface area contributed by atoms with Crippen molar-refractivity contribution >= 4 is 75.8 Å². The molecule has 1 heterocycles. The average Bonchev–Trinajstić information content (AvgIpc) is 3.59. The molecular formula is C44H26O. The maximum Gasteiger partial charge on any atom is 0.143 e. The van der Waals surface area contributed by atoms with E-state index < -0.39 is 24.2 Å². The Labute approximate surface area is 270 Å². The molecule has 0 saturated heterocycles. The van der Waals surface area contributed by atoms with Gasteiger partial charge in [0.25, 0.3) is 0 Å². The van der Waals surface area contributed by atoms with Crippen LogP contribution in [0.3, 0.4) is 0 Å². The first-order valence-corrected chi connectivity index (χ1v) is 14.9. The summed E-state index contributed by atoms with van der Waals surface area (Å²) in [5, 5.41) is 8.50. The molecular weight excluding hydrogens is 544 g/mol. The summed E-state index contributed by atoms with van der Waals surface area (Å²) in [4.78, 5) is 0. The predicted octanol–water partition coefficient (Wildman–Crippen LogP) is 12.7. The van der Waals surface area contributed by atoms with E-state index in [1.165, 1.54) is 0 Å². The molecule has 0 fully saturated rings. The molecule has 0 atom stereocenters. The van der Waals surface area contributed by atoms with Gasteiger partial charge in [-0.3, -0.25) is 0 Å². The predicted molar refractivity (Wildman–Crippen MR) is 192 cm³/mol. The molecule has 1 aromatic heterocycles. The lowest BCUT2D eigenvalue weighted by atomic mass is 9.85. The monoisotopic (exact) mass is 578 g/mol. The molecule has 0 N–H and O–H groups in total. The summed E-state index contributed by atoms with van der Waals surface area (Å²) in [6.07, 6.45) is 0. The number of hydrogen-bond acceptors (Lipinski definition) is 1. The topological polar surface area (TPSA) is 13.1 Å². The van der Waals surface area contributed by atoms with E-state index in [0.29, 0.717) is 22.3 Å². The van der Waals surface area contributed by atoms with Crippen molar-refractivity contribution in [2.75, 3.05) is 0 Å². The van der Waals surface area contributed by atoms with E-state index in [1.807, 2.05) is 91.0 Å². The third-order valence-electron chi connectivity index (χ3n) is 9.05. The van der Waals surface area contributed by atoms with Gasteiger partial charge in [-0.1, -0.05) is 139 Å². The summed E-state index contributed by atoms with van der Waals surface area (Å²) < 4.78 is 79.0. The van der Waals surface area contributed by atoms with Crippen LogP contribution in [-0.4, -0.2) is 0 Å². The van der Waals surface area contributed by atoms with Crippen LogP contribution in [0.2, 0.25) is 0 Å². The van der Waals surface area contributed by atoms with Gasteiger partial charge in [0.15, 0.2) is 0 Å². The molecule has 0 aliphatic heterocycles. The fraction of sp³-hybridized carbons (Fsp3) is 0. The highest BCUT2D eigenvalue weighted by Gasteiger charge is 2.19. The Bertz CT molecular complexity index is 3190. The minimum absolute atomic E-state index is 0.169. The Balaban J connectivity index is 1.41. The lowest BCUT2D eigenvalue weighted by Gasteiger charge is -2.18. The normalized spacial score (nSPS) is 14.5. The molecule has 0 aliphatic rings. The molecule has 0 radical (unpaired) electrons. The number of benzene rings is 9. The molecule has 9 aromatic carbocycles. The zero-order valence-corrected chi connectivity index (χ0v) is 23.8. The van der Waals surface area contributed by atoms with Crippen molar-refractivity contribution in [2.24, 2.45) is 0 Å². The van der Waals surface area contributed by atoms with Gasteiger partial charge < -0.3 is 4.42 Å². The lowest BCUT2D eigenvalue weighted by molar-refractivity contribution is 0.673. The van der Waals surface area contributed by atoms with Crippen molar-refractivity contribution in [3.8, 4) is 22.3 Å². The molecule has 0 amide bonds. The number of fused-ring (bicyclic) bond motifs is 11. The summed E-state index contributed by atoms with van der Waals surface area (Å²) in [5.41, 5.74) is 2.95. The highest BCUT2D eigenvalue weighted by atomic mass is 16.3. The van der Waals surface area contributed by atoms with Crippen LogP contribution in [0.5, 0.6) is 0 Å². The maximum atomic E-state index is 9.33. The average molecular weight is 579 g/mol. The molecule has 208 valence electrons. The second-order valence-corrected chi connectivity index (χ2v) is 11.4. The molecule has 45 heavy (non-hydrogen) atoms. The second-order valence-electron chi connectivity index (χ2n) is 11.4. The van der Waals surface area contributed by atoms with E-state index in [4.69, 9.17) is 9.90 Å². The third kappa shape index (κ3) is 3.50. The quantitative estimate of drug-likeness (QED) is 0.147. The van der Waals surface area contributed by atoms with Crippen molar-refractivity contribution in [3.63, 3.8) is 0 Å². The largest absolute Gasteiger partial charge is 0.455 e. The van der Waals surface area contributed by atoms with Crippen molar-refractivity contribution in [2.45, 2.75) is 0 Å². The van der Waals surface area contributed by atoms with Crippen LogP contribution in [0.15, 0.2) is 162 Å². The van der Waals surface area contributed by atoms with E-state index >= 15 is 0 Å². The SMILES string of the molecule is [2H]c1c([2H])c([2H])c2c(-c3ccc4c(c3)oc3c5ccccc5c5ccccc5c43)c3c([2H])c([2H])c([2H])c([2H])c3c(-c3ccc4ccccc4c3)c2c1[2H]. The first kappa shape index (κ1) is 18.0. The molecule has 0 saturated carbocycles. The van der Waals surface area contributed by atoms with Crippen molar-refractivity contribution in [1.29, 1.82) is 0 Å². The van der Waals surface area contributed by atoms with E-state index in [0.717, 1.165) is 48.7 Å². The molecule has 1 heteroatoms. The fourth-order valence-corrected chi connectivity index (χ4v) is 7.11. The summed E-state index contributed by atoms with van der Waals surface area (Å²) >= 11 is 0. The van der Waals surface area contributed by atoms with Crippen molar-refractivity contribution < 1.29 is 15.4 Å². The molecule has 1 nitrogen and oxygen atoms in total. The first-order chi connectivity index (χ1) is 25.7. The minimum atomic E-state index is -0.434. The zero-order chi connectivity index (χ0) is 36.4. The summed E-state index contributed by atoms with van der Waals surface area (Å²) in [6.45, 7) is 0. The van der Waals surface area contributed by atoms with Gasteiger partial charge in [-0.15, -0.1) is 0 Å². The van der Waals surface area contributed by atoms with Gasteiger partial charge in [0, 0.05) is 16.2 Å². The van der Waals surface area contributed by atoms with Crippen molar-refractivity contribution in [1.82, 2.24) is 0 Å². The van der Waals surface area contributed by atoms with Gasteiger partial charge in [-0.05, 0) is 88.9 Å². The summed E-state index contributed by atoms with van der Waals surface area (Å²) in [5.74, 6) is 0. The van der Waals surface area contributed by atoms with Crippen molar-refractivity contribution in [3.05, 3.63) is 158 Å². The van der Waals surface area contributed by atoms with Crippen LogP contribution >= 0.6 is 0 Å². The van der Waals surface area contributed by atoms with Gasteiger partial charge >= 0.3 is 0 Å². The molecule has 10 rings (SSSR count). The Hall–Kier alpha value is -5.92. The molecule has 10 aromatic rings. The van der Waals surface area contributed by atoms with Crippen LogP contribution in [-0.2, 0) is 0 Å². The maximum absolute atomic E-state index is 9.33. The van der Waals surface area contributed by atoms with E-state index in [9.17, 15) is 5.48 Å². The van der Waals surface area contributed by atoms with Crippen LogP contribution in [0.1, 0.15) is 11.0 Å². The van der Waals surface area contributed by atoms with Gasteiger partial charge in [-0.25, -0.2) is 0 Å². The Morgan fingerprint density at radius 3 is 1.58 bits per heavy atom. The summed E-state index contributed by atoms with van der Waals surface area (Å²) in [6, 6.07) is 32.4.